The van der Waals surface area contributed by atoms with Gasteiger partial charge >= 0.3 is 0 Å². The van der Waals surface area contributed by atoms with E-state index < -0.39 is 0 Å². The maximum Gasteiger partial charge on any atom is 0.258 e. The first kappa shape index (κ1) is 15.0. The van der Waals surface area contributed by atoms with Crippen molar-refractivity contribution in [2.24, 2.45) is 0 Å². The number of amides is 1. The molecule has 5 heteroatoms. The van der Waals surface area contributed by atoms with E-state index in [4.69, 9.17) is 0 Å². The number of pyridine rings is 1. The van der Waals surface area contributed by atoms with Crippen LogP contribution >= 0.6 is 0 Å². The van der Waals surface area contributed by atoms with E-state index in [-0.39, 0.29) is 5.91 Å². The Balaban J connectivity index is 1.82. The van der Waals surface area contributed by atoms with Gasteiger partial charge in [-0.15, -0.1) is 0 Å². The molecule has 1 aromatic carbocycles. The third kappa shape index (κ3) is 3.63. The van der Waals surface area contributed by atoms with Gasteiger partial charge in [-0.2, -0.15) is 5.10 Å². The van der Waals surface area contributed by atoms with Gasteiger partial charge in [-0.25, -0.2) is 4.68 Å². The van der Waals surface area contributed by atoms with Crippen LogP contribution in [0.25, 0.3) is 0 Å². The monoisotopic (exact) mass is 306 g/mol. The minimum atomic E-state index is -0.191. The molecule has 1 amide bonds. The lowest BCUT2D eigenvalue weighted by atomic mass is 10.1. The largest absolute Gasteiger partial charge is 0.307 e. The molecule has 0 fully saturated rings. The number of carbonyl (C=O) groups is 1. The van der Waals surface area contributed by atoms with E-state index in [1.54, 1.807) is 29.2 Å². The lowest BCUT2D eigenvalue weighted by Crippen LogP contribution is -2.16. The number of hydrogen-bond donors (Lipinski definition) is 1. The SMILES string of the molecule is Cc1cccc(Cn2nc(C)cc2NC(=O)c2cccnc2)c1. The van der Waals surface area contributed by atoms with Crippen molar-refractivity contribution in [3.05, 3.63) is 77.2 Å². The summed E-state index contributed by atoms with van der Waals surface area (Å²) in [4.78, 5) is 16.3. The number of aromatic nitrogens is 3. The topological polar surface area (TPSA) is 59.8 Å². The Hall–Kier alpha value is -2.95. The quantitative estimate of drug-likeness (QED) is 0.805. The predicted molar refractivity (Wildman–Crippen MR) is 89.4 cm³/mol. The van der Waals surface area contributed by atoms with Crippen molar-refractivity contribution in [1.29, 1.82) is 0 Å². The molecule has 23 heavy (non-hydrogen) atoms. The number of carbonyl (C=O) groups excluding carboxylic acids is 1. The first-order valence-corrected chi connectivity index (χ1v) is 7.43. The summed E-state index contributed by atoms with van der Waals surface area (Å²) in [6.45, 7) is 4.58. The van der Waals surface area contributed by atoms with E-state index >= 15 is 0 Å². The van der Waals surface area contributed by atoms with E-state index in [1.807, 2.05) is 19.1 Å². The summed E-state index contributed by atoms with van der Waals surface area (Å²) in [6, 6.07) is 13.6. The van der Waals surface area contributed by atoms with Crippen LogP contribution in [0.1, 0.15) is 27.2 Å². The third-order valence-corrected chi connectivity index (χ3v) is 3.48. The lowest BCUT2D eigenvalue weighted by Gasteiger charge is -2.09. The van der Waals surface area contributed by atoms with E-state index in [1.165, 1.54) is 5.56 Å². The van der Waals surface area contributed by atoms with Crippen molar-refractivity contribution in [3.8, 4) is 0 Å². The average Bonchev–Trinajstić information content (AvgIpc) is 2.87. The molecule has 0 unspecified atom stereocenters. The molecule has 2 aromatic heterocycles. The Bertz CT molecular complexity index is 824. The van der Waals surface area contributed by atoms with Crippen LogP contribution in [0.15, 0.2) is 54.9 Å². The van der Waals surface area contributed by atoms with Crippen molar-refractivity contribution in [2.45, 2.75) is 20.4 Å². The molecule has 2 heterocycles. The average molecular weight is 306 g/mol. The normalized spacial score (nSPS) is 10.5. The zero-order valence-electron chi connectivity index (χ0n) is 13.2. The van der Waals surface area contributed by atoms with E-state index in [2.05, 4.69) is 40.5 Å². The fourth-order valence-corrected chi connectivity index (χ4v) is 2.44. The highest BCUT2D eigenvalue weighted by Gasteiger charge is 2.11. The first-order chi connectivity index (χ1) is 11.1. The Labute approximate surface area is 135 Å². The first-order valence-electron chi connectivity index (χ1n) is 7.43. The number of rotatable bonds is 4. The molecule has 0 bridgehead atoms. The zero-order valence-corrected chi connectivity index (χ0v) is 13.2. The minimum Gasteiger partial charge on any atom is -0.307 e. The molecule has 5 nitrogen and oxygen atoms in total. The van der Waals surface area contributed by atoms with Crippen LogP contribution in [0.3, 0.4) is 0 Å². The Kier molecular flexibility index (Phi) is 4.19. The molecular weight excluding hydrogens is 288 g/mol. The van der Waals surface area contributed by atoms with Crippen molar-refractivity contribution >= 4 is 11.7 Å². The van der Waals surface area contributed by atoms with Gasteiger partial charge in [0.1, 0.15) is 5.82 Å². The Morgan fingerprint density at radius 1 is 1.17 bits per heavy atom. The van der Waals surface area contributed by atoms with Gasteiger partial charge < -0.3 is 5.32 Å². The molecule has 0 aliphatic rings. The second-order valence-corrected chi connectivity index (χ2v) is 5.51. The second-order valence-electron chi connectivity index (χ2n) is 5.51. The van der Waals surface area contributed by atoms with Gasteiger partial charge in [0.2, 0.25) is 0 Å². The molecule has 0 aliphatic heterocycles. The number of anilines is 1. The molecule has 3 rings (SSSR count). The third-order valence-electron chi connectivity index (χ3n) is 3.48. The minimum absolute atomic E-state index is 0.191. The van der Waals surface area contributed by atoms with E-state index in [0.717, 1.165) is 11.3 Å². The van der Waals surface area contributed by atoms with Gasteiger partial charge in [0.15, 0.2) is 0 Å². The van der Waals surface area contributed by atoms with Crippen LogP contribution in [-0.4, -0.2) is 20.7 Å². The highest BCUT2D eigenvalue weighted by Crippen LogP contribution is 2.15. The maximum atomic E-state index is 12.3. The smallest absolute Gasteiger partial charge is 0.258 e. The van der Waals surface area contributed by atoms with Crippen LogP contribution in [0.4, 0.5) is 5.82 Å². The number of nitrogens with zero attached hydrogens (tertiary/aromatic N) is 3. The van der Waals surface area contributed by atoms with E-state index in [0.29, 0.717) is 17.9 Å². The van der Waals surface area contributed by atoms with Crippen LogP contribution < -0.4 is 5.32 Å². The molecule has 0 atom stereocenters. The molecule has 0 saturated heterocycles. The molecule has 0 spiro atoms. The Morgan fingerprint density at radius 2 is 2.04 bits per heavy atom. The van der Waals surface area contributed by atoms with Crippen LogP contribution in [0.2, 0.25) is 0 Å². The van der Waals surface area contributed by atoms with Crippen molar-refractivity contribution in [3.63, 3.8) is 0 Å². The van der Waals surface area contributed by atoms with Gasteiger partial charge in [0, 0.05) is 18.5 Å². The van der Waals surface area contributed by atoms with Crippen molar-refractivity contribution in [2.75, 3.05) is 5.32 Å². The second kappa shape index (κ2) is 6.44. The lowest BCUT2D eigenvalue weighted by molar-refractivity contribution is 0.102. The van der Waals surface area contributed by atoms with Crippen LogP contribution in [0.5, 0.6) is 0 Å². The summed E-state index contributed by atoms with van der Waals surface area (Å²) >= 11 is 0. The van der Waals surface area contributed by atoms with Gasteiger partial charge in [-0.05, 0) is 31.5 Å². The van der Waals surface area contributed by atoms with Crippen LogP contribution in [-0.2, 0) is 6.54 Å². The van der Waals surface area contributed by atoms with Crippen LogP contribution in [0, 0.1) is 13.8 Å². The molecule has 3 aromatic rings. The Morgan fingerprint density at radius 3 is 2.78 bits per heavy atom. The van der Waals surface area contributed by atoms with Gasteiger partial charge in [0.05, 0.1) is 17.8 Å². The highest BCUT2D eigenvalue weighted by molar-refractivity contribution is 6.03. The summed E-state index contributed by atoms with van der Waals surface area (Å²) < 4.78 is 1.80. The number of hydrogen-bond acceptors (Lipinski definition) is 3. The molecule has 116 valence electrons. The van der Waals surface area contributed by atoms with Gasteiger partial charge in [0.25, 0.3) is 5.91 Å². The fourth-order valence-electron chi connectivity index (χ4n) is 2.44. The number of aryl methyl sites for hydroxylation is 2. The summed E-state index contributed by atoms with van der Waals surface area (Å²) in [5.74, 6) is 0.487. The van der Waals surface area contributed by atoms with E-state index in [9.17, 15) is 4.79 Å². The number of nitrogens with one attached hydrogen (secondary N) is 1. The zero-order chi connectivity index (χ0) is 16.2. The van der Waals surface area contributed by atoms with Gasteiger partial charge in [-0.3, -0.25) is 9.78 Å². The number of benzene rings is 1. The molecule has 0 radical (unpaired) electrons. The predicted octanol–water partition coefficient (Wildman–Crippen LogP) is 3.20. The fraction of sp³-hybridized carbons (Fsp3) is 0.167. The molecule has 0 aliphatic carbocycles. The summed E-state index contributed by atoms with van der Waals surface area (Å²) in [7, 11) is 0. The van der Waals surface area contributed by atoms with Gasteiger partial charge in [-0.1, -0.05) is 29.8 Å². The van der Waals surface area contributed by atoms with Crippen molar-refractivity contribution < 1.29 is 4.79 Å². The maximum absolute atomic E-state index is 12.3. The van der Waals surface area contributed by atoms with Crippen molar-refractivity contribution in [1.82, 2.24) is 14.8 Å². The summed E-state index contributed by atoms with van der Waals surface area (Å²) in [5, 5.41) is 7.37. The summed E-state index contributed by atoms with van der Waals surface area (Å²) in [6.07, 6.45) is 3.19. The molecular formula is C18H18N4O. The molecule has 1 N–H and O–H groups in total. The molecule has 0 saturated carbocycles. The standard InChI is InChI=1S/C18H18N4O/c1-13-5-3-6-15(9-13)12-22-17(10-14(2)21-22)20-18(23)16-7-4-8-19-11-16/h3-11H,12H2,1-2H3,(H,20,23). The highest BCUT2D eigenvalue weighted by atomic mass is 16.1. The summed E-state index contributed by atoms with van der Waals surface area (Å²) in [5.41, 5.74) is 3.73.